The first-order valence-electron chi connectivity index (χ1n) is 12.3. The van der Waals surface area contributed by atoms with E-state index in [9.17, 15) is 4.79 Å². The van der Waals surface area contributed by atoms with Crippen LogP contribution < -0.4 is 10.6 Å². The van der Waals surface area contributed by atoms with Crippen molar-refractivity contribution < 1.29 is 9.53 Å². The van der Waals surface area contributed by atoms with Crippen molar-refractivity contribution >= 4 is 6.03 Å². The van der Waals surface area contributed by atoms with Crippen LogP contribution in [0.5, 0.6) is 0 Å². The zero-order valence-corrected chi connectivity index (χ0v) is 20.0. The predicted molar refractivity (Wildman–Crippen MR) is 136 cm³/mol. The van der Waals surface area contributed by atoms with Crippen LogP contribution in [-0.4, -0.2) is 37.3 Å². The fraction of sp³-hybridized carbons (Fsp3) is 0.345. The molecule has 1 atom stereocenters. The third kappa shape index (κ3) is 6.69. The Labute approximate surface area is 203 Å². The lowest BCUT2D eigenvalue weighted by Gasteiger charge is -2.38. The normalized spacial score (nSPS) is 16.4. The van der Waals surface area contributed by atoms with Crippen LogP contribution >= 0.6 is 0 Å². The number of nitrogens with zero attached hydrogens (tertiary/aromatic N) is 1. The number of amides is 2. The Balaban J connectivity index is 1.39. The summed E-state index contributed by atoms with van der Waals surface area (Å²) in [7, 11) is 1.62. The molecule has 0 aromatic heterocycles. The van der Waals surface area contributed by atoms with Crippen molar-refractivity contribution in [3.8, 4) is 0 Å². The molecule has 1 fully saturated rings. The maximum Gasteiger partial charge on any atom is 0.314 e. The van der Waals surface area contributed by atoms with Crippen LogP contribution in [0.25, 0.3) is 0 Å². The highest BCUT2D eigenvalue weighted by Crippen LogP contribution is 2.31. The first-order valence-corrected chi connectivity index (χ1v) is 12.3. The molecule has 1 aliphatic heterocycles. The maximum atomic E-state index is 11.4. The predicted octanol–water partition coefficient (Wildman–Crippen LogP) is 5.28. The second kappa shape index (κ2) is 12.4. The molecule has 3 aromatic carbocycles. The fourth-order valence-corrected chi connectivity index (χ4v) is 4.50. The topological polar surface area (TPSA) is 53.6 Å². The van der Waals surface area contributed by atoms with E-state index in [-0.39, 0.29) is 18.4 Å². The Morgan fingerprint density at radius 1 is 0.912 bits per heavy atom. The Kier molecular flexibility index (Phi) is 8.71. The number of benzene rings is 3. The summed E-state index contributed by atoms with van der Waals surface area (Å²) >= 11 is 0. The summed E-state index contributed by atoms with van der Waals surface area (Å²) in [5.41, 5.74) is 4.79. The van der Waals surface area contributed by atoms with E-state index in [0.29, 0.717) is 6.54 Å². The van der Waals surface area contributed by atoms with Gasteiger partial charge in [0.15, 0.2) is 0 Å². The van der Waals surface area contributed by atoms with E-state index in [0.717, 1.165) is 31.5 Å². The second-order valence-electron chi connectivity index (χ2n) is 8.82. The minimum absolute atomic E-state index is 0.0693. The van der Waals surface area contributed by atoms with E-state index >= 15 is 0 Å². The number of carbonyl (C=O) groups excluding carboxylic acids is 1. The van der Waals surface area contributed by atoms with E-state index in [1.165, 1.54) is 29.5 Å². The number of nitrogens with one attached hydrogen (secondary N) is 2. The average Bonchev–Trinajstić information content (AvgIpc) is 2.91. The van der Waals surface area contributed by atoms with Gasteiger partial charge < -0.3 is 15.4 Å². The molecule has 0 aliphatic carbocycles. The molecule has 5 heteroatoms. The molecule has 0 radical (unpaired) electrons. The molecule has 1 heterocycles. The van der Waals surface area contributed by atoms with Gasteiger partial charge in [0.1, 0.15) is 12.3 Å². The van der Waals surface area contributed by atoms with Crippen LogP contribution in [0.2, 0.25) is 0 Å². The molecular weight excluding hydrogens is 422 g/mol. The van der Waals surface area contributed by atoms with Gasteiger partial charge in [-0.1, -0.05) is 84.9 Å². The molecule has 178 valence electrons. The number of carbonyl (C=O) groups is 1. The minimum Gasteiger partial charge on any atom is -0.350 e. The molecule has 5 nitrogen and oxygen atoms in total. The first-order chi connectivity index (χ1) is 16.7. The molecule has 3 aromatic rings. The number of rotatable bonds is 9. The SMILES string of the molecule is CNC(=O)NCc1ccc(CCN2CCCC[C@H]2OC(c2ccccc2)c2ccccc2)cc1. The van der Waals surface area contributed by atoms with Crippen LogP contribution in [0.3, 0.4) is 0 Å². The summed E-state index contributed by atoms with van der Waals surface area (Å²) in [5, 5.41) is 5.40. The van der Waals surface area contributed by atoms with Crippen LogP contribution in [-0.2, 0) is 17.7 Å². The smallest absolute Gasteiger partial charge is 0.314 e. The van der Waals surface area contributed by atoms with Crippen molar-refractivity contribution in [3.05, 3.63) is 107 Å². The summed E-state index contributed by atoms with van der Waals surface area (Å²) in [4.78, 5) is 13.9. The minimum atomic E-state index is -0.162. The van der Waals surface area contributed by atoms with Gasteiger partial charge in [-0.05, 0) is 47.9 Å². The molecule has 0 spiro atoms. The number of hydrogen-bond acceptors (Lipinski definition) is 3. The van der Waals surface area contributed by atoms with Gasteiger partial charge in [-0.3, -0.25) is 4.90 Å². The van der Waals surface area contributed by atoms with Crippen LogP contribution in [0.4, 0.5) is 4.79 Å². The summed E-state index contributed by atoms with van der Waals surface area (Å²) in [6.45, 7) is 2.56. The Morgan fingerprint density at radius 2 is 1.53 bits per heavy atom. The lowest BCUT2D eigenvalue weighted by molar-refractivity contribution is -0.105. The zero-order valence-electron chi connectivity index (χ0n) is 20.0. The molecule has 1 saturated heterocycles. The first kappa shape index (κ1) is 24.0. The van der Waals surface area contributed by atoms with Gasteiger partial charge in [-0.25, -0.2) is 4.79 Å². The highest BCUT2D eigenvalue weighted by atomic mass is 16.5. The molecule has 0 bridgehead atoms. The van der Waals surface area contributed by atoms with Crippen molar-refractivity contribution in [1.82, 2.24) is 15.5 Å². The van der Waals surface area contributed by atoms with Gasteiger partial charge in [-0.15, -0.1) is 0 Å². The lowest BCUT2D eigenvalue weighted by Crippen LogP contribution is -2.43. The van der Waals surface area contributed by atoms with E-state index in [4.69, 9.17) is 4.74 Å². The molecule has 4 rings (SSSR count). The molecule has 0 unspecified atom stereocenters. The third-order valence-electron chi connectivity index (χ3n) is 6.44. The van der Waals surface area contributed by atoms with Crippen molar-refractivity contribution in [2.75, 3.05) is 20.1 Å². The standard InChI is InChI=1S/C29H35N3O2/c1-30-29(33)31-22-24-17-15-23(16-18-24)19-21-32-20-9-8-14-27(32)34-28(25-10-4-2-5-11-25)26-12-6-3-7-13-26/h2-7,10-13,15-18,27-28H,8-9,14,19-22H2,1H3,(H2,30,31,33)/t27-/m1/s1. The lowest BCUT2D eigenvalue weighted by atomic mass is 10.0. The number of ether oxygens (including phenoxy) is 1. The van der Waals surface area contributed by atoms with Gasteiger partial charge in [-0.2, -0.15) is 0 Å². The number of likely N-dealkylation sites (tertiary alicyclic amines) is 1. The van der Waals surface area contributed by atoms with E-state index in [2.05, 4.69) is 100 Å². The van der Waals surface area contributed by atoms with E-state index in [1.54, 1.807) is 7.05 Å². The Hall–Kier alpha value is -3.15. The van der Waals surface area contributed by atoms with Crippen molar-refractivity contribution in [2.45, 2.75) is 44.6 Å². The molecule has 0 saturated carbocycles. The van der Waals surface area contributed by atoms with Crippen LogP contribution in [0.1, 0.15) is 47.6 Å². The fourth-order valence-electron chi connectivity index (χ4n) is 4.50. The molecular formula is C29H35N3O2. The maximum absolute atomic E-state index is 11.4. The van der Waals surface area contributed by atoms with Gasteiger partial charge >= 0.3 is 6.03 Å². The summed E-state index contributed by atoms with van der Waals surface area (Å²) < 4.78 is 6.83. The van der Waals surface area contributed by atoms with Crippen LogP contribution in [0, 0.1) is 0 Å². The highest BCUT2D eigenvalue weighted by molar-refractivity contribution is 5.73. The number of piperidine rings is 1. The number of urea groups is 1. The van der Waals surface area contributed by atoms with Crippen molar-refractivity contribution in [1.29, 1.82) is 0 Å². The second-order valence-corrected chi connectivity index (χ2v) is 8.82. The third-order valence-corrected chi connectivity index (χ3v) is 6.44. The molecule has 1 aliphatic rings. The molecule has 34 heavy (non-hydrogen) atoms. The quantitative estimate of drug-likeness (QED) is 0.460. The summed E-state index contributed by atoms with van der Waals surface area (Å²) in [5.74, 6) is 0. The number of hydrogen-bond donors (Lipinski definition) is 2. The van der Waals surface area contributed by atoms with Crippen molar-refractivity contribution in [2.24, 2.45) is 0 Å². The van der Waals surface area contributed by atoms with E-state index < -0.39 is 0 Å². The van der Waals surface area contributed by atoms with Gasteiger partial charge in [0, 0.05) is 26.7 Å². The van der Waals surface area contributed by atoms with Crippen LogP contribution in [0.15, 0.2) is 84.9 Å². The van der Waals surface area contributed by atoms with Gasteiger partial charge in [0.2, 0.25) is 0 Å². The summed E-state index contributed by atoms with van der Waals surface area (Å²) in [6, 6.07) is 29.4. The van der Waals surface area contributed by atoms with E-state index in [1.807, 2.05) is 0 Å². The van der Waals surface area contributed by atoms with Gasteiger partial charge in [0.05, 0.1) is 0 Å². The average molecular weight is 458 g/mol. The summed E-state index contributed by atoms with van der Waals surface area (Å²) in [6.07, 6.45) is 4.48. The van der Waals surface area contributed by atoms with Gasteiger partial charge in [0.25, 0.3) is 0 Å². The Bertz CT molecular complexity index is 969. The zero-order chi connectivity index (χ0) is 23.6. The Morgan fingerprint density at radius 3 is 2.15 bits per heavy atom. The largest absolute Gasteiger partial charge is 0.350 e. The van der Waals surface area contributed by atoms with Crippen molar-refractivity contribution in [3.63, 3.8) is 0 Å². The molecule has 2 N–H and O–H groups in total. The monoisotopic (exact) mass is 457 g/mol. The highest BCUT2D eigenvalue weighted by Gasteiger charge is 2.27. The molecule has 2 amide bonds.